The number of hydrogen-bond acceptors (Lipinski definition) is 8. The van der Waals surface area contributed by atoms with E-state index in [4.69, 9.17) is 39.5 Å². The summed E-state index contributed by atoms with van der Waals surface area (Å²) in [6.07, 6.45) is 1.17. The molecule has 0 saturated carbocycles. The number of aromatic carboxylic acids is 1. The molecule has 14 heteroatoms. The summed E-state index contributed by atoms with van der Waals surface area (Å²) in [6, 6.07) is 11.2. The van der Waals surface area contributed by atoms with Crippen LogP contribution in [-0.2, 0) is 25.3 Å². The van der Waals surface area contributed by atoms with Crippen molar-refractivity contribution >= 4 is 73.8 Å². The van der Waals surface area contributed by atoms with Gasteiger partial charge in [0.15, 0.2) is 17.2 Å². The first kappa shape index (κ1) is 30.4. The van der Waals surface area contributed by atoms with E-state index in [2.05, 4.69) is 10.1 Å². The summed E-state index contributed by atoms with van der Waals surface area (Å²) in [5, 5.41) is 13.4. The Hall–Kier alpha value is -2.54. The summed E-state index contributed by atoms with van der Waals surface area (Å²) in [7, 11) is -2.77. The summed E-state index contributed by atoms with van der Waals surface area (Å²) in [4.78, 5) is 23.6. The van der Waals surface area contributed by atoms with Gasteiger partial charge in [-0.05, 0) is 55.3 Å². The summed E-state index contributed by atoms with van der Waals surface area (Å²) in [6.45, 7) is 0.766. The molecule has 214 valence electrons. The van der Waals surface area contributed by atoms with Crippen LogP contribution in [0.4, 0.5) is 5.69 Å². The molecule has 0 bridgehead atoms. The molecule has 0 atom stereocenters. The number of piperidine rings is 1. The zero-order valence-corrected chi connectivity index (χ0v) is 25.1. The van der Waals surface area contributed by atoms with Gasteiger partial charge in [-0.1, -0.05) is 59.1 Å². The maximum atomic E-state index is 13.9. The predicted octanol–water partition coefficient (Wildman–Crippen LogP) is 5.71. The Bertz CT molecular complexity index is 1520. The maximum Gasteiger partial charge on any atom is 0.349 e. The first-order valence-electron chi connectivity index (χ1n) is 12.0. The zero-order valence-electron chi connectivity index (χ0n) is 21.2. The molecule has 1 aromatic heterocycles. The number of esters is 1. The third-order valence-corrected chi connectivity index (χ3v) is 10.6. The second-order valence-corrected chi connectivity index (χ2v) is 12.9. The first-order valence-corrected chi connectivity index (χ1v) is 15.6. The third-order valence-electron chi connectivity index (χ3n) is 6.24. The van der Waals surface area contributed by atoms with Crippen LogP contribution in [-0.4, -0.2) is 58.3 Å². The average Bonchev–Trinajstić information content (AvgIpc) is 3.26. The smallest absolute Gasteiger partial charge is 0.349 e. The van der Waals surface area contributed by atoms with E-state index < -0.39 is 28.6 Å². The second kappa shape index (κ2) is 13.0. The lowest BCUT2D eigenvalue weighted by Crippen LogP contribution is -2.46. The van der Waals surface area contributed by atoms with Crippen molar-refractivity contribution in [1.29, 1.82) is 0 Å². The van der Waals surface area contributed by atoms with Crippen molar-refractivity contribution < 1.29 is 32.6 Å². The van der Waals surface area contributed by atoms with Crippen LogP contribution in [0.5, 0.6) is 5.75 Å². The van der Waals surface area contributed by atoms with Gasteiger partial charge >= 0.3 is 11.9 Å². The van der Waals surface area contributed by atoms with E-state index in [9.17, 15) is 23.1 Å². The van der Waals surface area contributed by atoms with Crippen LogP contribution in [0.15, 0.2) is 42.5 Å². The molecular formula is C26H25Cl3N2O7S2. The zero-order chi connectivity index (χ0) is 29.0. The number of carboxylic acid groups (broad SMARTS) is 1. The van der Waals surface area contributed by atoms with E-state index in [1.165, 1.54) is 11.4 Å². The van der Waals surface area contributed by atoms with Gasteiger partial charge in [0.1, 0.15) is 5.02 Å². The van der Waals surface area contributed by atoms with Crippen molar-refractivity contribution in [2.24, 2.45) is 0 Å². The Morgan fingerprint density at radius 3 is 2.48 bits per heavy atom. The molecular weight excluding hydrogens is 623 g/mol. The Morgan fingerprint density at radius 1 is 1.10 bits per heavy atom. The normalized spacial score (nSPS) is 14.1. The van der Waals surface area contributed by atoms with Crippen molar-refractivity contribution in [3.05, 3.63) is 68.0 Å². The van der Waals surface area contributed by atoms with Gasteiger partial charge in [-0.15, -0.1) is 11.3 Å². The highest BCUT2D eigenvalue weighted by Crippen LogP contribution is 2.46. The van der Waals surface area contributed by atoms with Gasteiger partial charge in [0.05, 0.1) is 33.5 Å². The fourth-order valence-corrected chi connectivity index (χ4v) is 8.13. The molecule has 0 unspecified atom stereocenters. The quantitative estimate of drug-likeness (QED) is 0.268. The summed E-state index contributed by atoms with van der Waals surface area (Å²) >= 11 is 19.9. The van der Waals surface area contributed by atoms with Crippen molar-refractivity contribution in [3.8, 4) is 16.2 Å². The topological polar surface area (TPSA) is 122 Å². The van der Waals surface area contributed by atoms with E-state index in [0.717, 1.165) is 11.3 Å². The molecule has 0 amide bonds. The van der Waals surface area contributed by atoms with E-state index >= 15 is 0 Å². The number of thiophene rings is 1. The Balaban J connectivity index is 1.77. The van der Waals surface area contributed by atoms with Gasteiger partial charge in [0, 0.05) is 6.04 Å². The highest BCUT2D eigenvalue weighted by Gasteiger charge is 2.33. The Kier molecular flexibility index (Phi) is 9.86. The van der Waals surface area contributed by atoms with E-state index in [-0.39, 0.29) is 37.5 Å². The molecule has 1 aliphatic rings. The first-order chi connectivity index (χ1) is 19.0. The van der Waals surface area contributed by atoms with Crippen molar-refractivity contribution in [3.63, 3.8) is 0 Å². The lowest BCUT2D eigenvalue weighted by molar-refractivity contribution is -0.142. The molecule has 2 aromatic carbocycles. The van der Waals surface area contributed by atoms with Crippen molar-refractivity contribution in [1.82, 2.24) is 5.32 Å². The number of benzene rings is 2. The Morgan fingerprint density at radius 2 is 1.80 bits per heavy atom. The number of methoxy groups -OCH3 is 1. The number of hydrogen-bond donors (Lipinski definition) is 2. The van der Waals surface area contributed by atoms with Crippen molar-refractivity contribution in [2.45, 2.75) is 24.6 Å². The van der Waals surface area contributed by atoms with Gasteiger partial charge < -0.3 is 19.9 Å². The SMILES string of the molecule is COC(=O)COc1c(C(=O)O)sc(-c2cccc(N(C3CCNCC3)S(=O)(=O)Cc3cccc(Cl)c3Cl)c2)c1Cl. The predicted molar refractivity (Wildman–Crippen MR) is 157 cm³/mol. The number of rotatable bonds is 10. The molecule has 4 rings (SSSR count). The van der Waals surface area contributed by atoms with Crippen LogP contribution < -0.4 is 14.4 Å². The van der Waals surface area contributed by atoms with E-state index in [0.29, 0.717) is 47.6 Å². The molecule has 0 spiro atoms. The van der Waals surface area contributed by atoms with Gasteiger partial charge in [-0.2, -0.15) is 0 Å². The highest BCUT2D eigenvalue weighted by molar-refractivity contribution is 7.92. The number of nitrogens with zero attached hydrogens (tertiary/aromatic N) is 1. The molecule has 0 aliphatic carbocycles. The van der Waals surface area contributed by atoms with Gasteiger partial charge in [0.2, 0.25) is 10.0 Å². The summed E-state index contributed by atoms with van der Waals surface area (Å²) in [5.41, 5.74) is 1.25. The minimum atomic E-state index is -3.95. The number of carboxylic acids is 1. The fourth-order valence-electron chi connectivity index (χ4n) is 4.39. The number of anilines is 1. The molecule has 9 nitrogen and oxygen atoms in total. The molecule has 3 aromatic rings. The van der Waals surface area contributed by atoms with Gasteiger partial charge in [-0.25, -0.2) is 18.0 Å². The number of sulfonamides is 1. The largest absolute Gasteiger partial charge is 0.479 e. The second-order valence-electron chi connectivity index (χ2n) is 8.87. The van der Waals surface area contributed by atoms with Crippen LogP contribution in [0.25, 0.3) is 10.4 Å². The van der Waals surface area contributed by atoms with Gasteiger partial charge in [-0.3, -0.25) is 4.31 Å². The minimum Gasteiger partial charge on any atom is -0.479 e. The standard InChI is InChI=1S/C26H25Cl3N2O7S2/c1-37-20(32)13-38-23-22(29)24(39-25(23)26(33)34)15-4-2-6-18(12-15)31(17-8-10-30-11-9-17)40(35,36)14-16-5-3-7-19(27)21(16)28/h2-7,12,17,30H,8-11,13-14H2,1H3,(H,33,34). The third kappa shape index (κ3) is 6.67. The number of carbonyl (C=O) groups is 2. The molecule has 2 heterocycles. The molecule has 1 saturated heterocycles. The van der Waals surface area contributed by atoms with E-state index in [1.54, 1.807) is 42.5 Å². The number of nitrogens with one attached hydrogen (secondary N) is 1. The average molecular weight is 648 g/mol. The number of ether oxygens (including phenoxy) is 2. The molecule has 2 N–H and O–H groups in total. The fraction of sp³-hybridized carbons (Fsp3) is 0.308. The lowest BCUT2D eigenvalue weighted by Gasteiger charge is -2.35. The highest BCUT2D eigenvalue weighted by atomic mass is 35.5. The molecule has 0 radical (unpaired) electrons. The van der Waals surface area contributed by atoms with Crippen LogP contribution in [0.2, 0.25) is 15.1 Å². The molecule has 1 fully saturated rings. The molecule has 40 heavy (non-hydrogen) atoms. The number of carbonyl (C=O) groups excluding carboxylic acids is 1. The minimum absolute atomic E-state index is 0.00886. The number of halogens is 3. The van der Waals surface area contributed by atoms with Crippen LogP contribution in [0.1, 0.15) is 28.1 Å². The Labute approximate surface area is 250 Å². The lowest BCUT2D eigenvalue weighted by atomic mass is 10.1. The van der Waals surface area contributed by atoms with Gasteiger partial charge in [0.25, 0.3) is 0 Å². The van der Waals surface area contributed by atoms with E-state index in [1.807, 2.05) is 0 Å². The van der Waals surface area contributed by atoms with Crippen LogP contribution in [0, 0.1) is 0 Å². The van der Waals surface area contributed by atoms with Crippen LogP contribution >= 0.6 is 46.1 Å². The maximum absolute atomic E-state index is 13.9. The monoisotopic (exact) mass is 646 g/mol. The summed E-state index contributed by atoms with van der Waals surface area (Å²) in [5.74, 6) is -2.52. The van der Waals surface area contributed by atoms with Crippen molar-refractivity contribution in [2.75, 3.05) is 31.1 Å². The summed E-state index contributed by atoms with van der Waals surface area (Å²) < 4.78 is 39.2. The van der Waals surface area contributed by atoms with Crippen LogP contribution in [0.3, 0.4) is 0 Å². The molecule has 1 aliphatic heterocycles.